The van der Waals surface area contributed by atoms with Gasteiger partial charge in [-0.2, -0.15) is 4.31 Å². The normalized spacial score (nSPS) is 11.8. The number of benzene rings is 3. The highest BCUT2D eigenvalue weighted by Gasteiger charge is 2.20. The quantitative estimate of drug-likeness (QED) is 0.440. The molecule has 0 amide bonds. The first-order valence-electron chi connectivity index (χ1n) is 9.62. The predicted molar refractivity (Wildman–Crippen MR) is 123 cm³/mol. The number of nitrogens with zero attached hydrogens (tertiary/aromatic N) is 2. The van der Waals surface area contributed by atoms with Crippen molar-refractivity contribution in [3.05, 3.63) is 88.9 Å². The van der Waals surface area contributed by atoms with Gasteiger partial charge in [-0.15, -0.1) is 11.3 Å². The standard InChI is InChI=1S/C23H23N3O2S2/c1-17-25-22-14-20(10-13-23(22)29-17)24-15-18-8-11-21(12-9-18)30(27,28)26(2)16-19-6-4-3-5-7-19/h3-14,24H,15-16H2,1-2H3. The van der Waals surface area contributed by atoms with E-state index in [9.17, 15) is 8.42 Å². The smallest absolute Gasteiger partial charge is 0.243 e. The van der Waals surface area contributed by atoms with E-state index in [1.807, 2.05) is 61.5 Å². The number of aromatic nitrogens is 1. The Morgan fingerprint density at radius 1 is 0.967 bits per heavy atom. The van der Waals surface area contributed by atoms with Gasteiger partial charge in [0.15, 0.2) is 0 Å². The van der Waals surface area contributed by atoms with Gasteiger partial charge in [-0.3, -0.25) is 0 Å². The number of thiazole rings is 1. The van der Waals surface area contributed by atoms with Gasteiger partial charge in [-0.1, -0.05) is 42.5 Å². The number of rotatable bonds is 7. The predicted octanol–water partition coefficient (Wildman–Crippen LogP) is 5.04. The maximum Gasteiger partial charge on any atom is 0.243 e. The number of aryl methyl sites for hydroxylation is 1. The zero-order chi connectivity index (χ0) is 21.1. The lowest BCUT2D eigenvalue weighted by molar-refractivity contribution is 0.466. The molecule has 154 valence electrons. The Morgan fingerprint density at radius 3 is 2.43 bits per heavy atom. The van der Waals surface area contributed by atoms with Crippen LogP contribution in [0, 0.1) is 6.92 Å². The van der Waals surface area contributed by atoms with Gasteiger partial charge < -0.3 is 5.32 Å². The van der Waals surface area contributed by atoms with Crippen LogP contribution in [0.1, 0.15) is 16.1 Å². The van der Waals surface area contributed by atoms with Gasteiger partial charge in [-0.05, 0) is 48.4 Å². The van der Waals surface area contributed by atoms with Crippen LogP contribution in [0.5, 0.6) is 0 Å². The first kappa shape index (κ1) is 20.5. The minimum absolute atomic E-state index is 0.295. The van der Waals surface area contributed by atoms with Crippen LogP contribution >= 0.6 is 11.3 Å². The Labute approximate surface area is 181 Å². The maximum atomic E-state index is 12.9. The van der Waals surface area contributed by atoms with Crippen molar-refractivity contribution in [2.45, 2.75) is 24.9 Å². The van der Waals surface area contributed by atoms with Gasteiger partial charge in [0.25, 0.3) is 0 Å². The highest BCUT2D eigenvalue weighted by molar-refractivity contribution is 7.89. The van der Waals surface area contributed by atoms with E-state index in [1.54, 1.807) is 30.5 Å². The summed E-state index contributed by atoms with van der Waals surface area (Å²) in [4.78, 5) is 4.82. The highest BCUT2D eigenvalue weighted by Crippen LogP contribution is 2.25. The summed E-state index contributed by atoms with van der Waals surface area (Å²) in [5.41, 5.74) is 3.95. The van der Waals surface area contributed by atoms with Crippen LogP contribution in [-0.2, 0) is 23.1 Å². The zero-order valence-electron chi connectivity index (χ0n) is 16.9. The van der Waals surface area contributed by atoms with Crippen molar-refractivity contribution in [3.63, 3.8) is 0 Å². The minimum atomic E-state index is -3.54. The average molecular weight is 438 g/mol. The van der Waals surface area contributed by atoms with E-state index >= 15 is 0 Å². The number of anilines is 1. The van der Waals surface area contributed by atoms with Crippen LogP contribution in [0.25, 0.3) is 10.2 Å². The Balaban J connectivity index is 1.42. The molecular formula is C23H23N3O2S2. The third-order valence-corrected chi connectivity index (χ3v) is 7.64. The summed E-state index contributed by atoms with van der Waals surface area (Å²) in [5, 5.41) is 4.43. The van der Waals surface area contributed by atoms with Crippen LogP contribution in [-0.4, -0.2) is 24.8 Å². The number of hydrogen-bond acceptors (Lipinski definition) is 5. The fourth-order valence-corrected chi connectivity index (χ4v) is 5.21. The van der Waals surface area contributed by atoms with Crippen molar-refractivity contribution in [3.8, 4) is 0 Å². The molecule has 4 aromatic rings. The van der Waals surface area contributed by atoms with Crippen molar-refractivity contribution in [1.82, 2.24) is 9.29 Å². The molecule has 5 nitrogen and oxygen atoms in total. The van der Waals surface area contributed by atoms with Crippen LogP contribution < -0.4 is 5.32 Å². The lowest BCUT2D eigenvalue weighted by Gasteiger charge is -2.17. The molecule has 0 aliphatic rings. The van der Waals surface area contributed by atoms with E-state index in [-0.39, 0.29) is 0 Å². The number of sulfonamides is 1. The Kier molecular flexibility index (Phi) is 5.85. The largest absolute Gasteiger partial charge is 0.381 e. The molecule has 0 fully saturated rings. The van der Waals surface area contributed by atoms with Gasteiger partial charge >= 0.3 is 0 Å². The second kappa shape index (κ2) is 8.55. The highest BCUT2D eigenvalue weighted by atomic mass is 32.2. The average Bonchev–Trinajstić information content (AvgIpc) is 3.12. The second-order valence-electron chi connectivity index (χ2n) is 7.16. The summed E-state index contributed by atoms with van der Waals surface area (Å²) in [6, 6.07) is 22.8. The van der Waals surface area contributed by atoms with E-state index in [0.717, 1.165) is 27.3 Å². The molecule has 1 aromatic heterocycles. The van der Waals surface area contributed by atoms with Crippen molar-refractivity contribution >= 4 is 37.3 Å². The van der Waals surface area contributed by atoms with E-state index in [0.29, 0.717) is 18.0 Å². The van der Waals surface area contributed by atoms with Crippen LogP contribution in [0.4, 0.5) is 5.69 Å². The lowest BCUT2D eigenvalue weighted by atomic mass is 10.2. The topological polar surface area (TPSA) is 62.3 Å². The molecule has 0 saturated carbocycles. The SMILES string of the molecule is Cc1nc2cc(NCc3ccc(S(=O)(=O)N(C)Cc4ccccc4)cc3)ccc2s1. The van der Waals surface area contributed by atoms with Crippen molar-refractivity contribution in [1.29, 1.82) is 0 Å². The van der Waals surface area contributed by atoms with Crippen molar-refractivity contribution < 1.29 is 8.42 Å². The molecule has 0 aliphatic heterocycles. The van der Waals surface area contributed by atoms with Crippen LogP contribution in [0.15, 0.2) is 77.7 Å². The van der Waals surface area contributed by atoms with Gasteiger partial charge in [0.1, 0.15) is 0 Å². The molecule has 0 saturated heterocycles. The lowest BCUT2D eigenvalue weighted by Crippen LogP contribution is -2.26. The molecule has 0 radical (unpaired) electrons. The van der Waals surface area contributed by atoms with Crippen molar-refractivity contribution in [2.75, 3.05) is 12.4 Å². The molecule has 0 aliphatic carbocycles. The molecule has 0 bridgehead atoms. The third-order valence-electron chi connectivity index (χ3n) is 4.87. The molecule has 7 heteroatoms. The Hall–Kier alpha value is -2.74. The molecule has 3 aromatic carbocycles. The second-order valence-corrected chi connectivity index (χ2v) is 10.4. The van der Waals surface area contributed by atoms with E-state index in [2.05, 4.69) is 16.4 Å². The number of nitrogens with one attached hydrogen (secondary N) is 1. The summed E-state index contributed by atoms with van der Waals surface area (Å²) >= 11 is 1.68. The van der Waals surface area contributed by atoms with E-state index in [4.69, 9.17) is 0 Å². The molecule has 1 N–H and O–H groups in total. The van der Waals surface area contributed by atoms with E-state index in [1.165, 1.54) is 9.01 Å². The molecule has 4 rings (SSSR count). The minimum Gasteiger partial charge on any atom is -0.381 e. The van der Waals surface area contributed by atoms with Gasteiger partial charge in [-0.25, -0.2) is 13.4 Å². The first-order chi connectivity index (χ1) is 14.4. The summed E-state index contributed by atoms with van der Waals surface area (Å²) in [6.45, 7) is 2.95. The van der Waals surface area contributed by atoms with Gasteiger partial charge in [0.05, 0.1) is 20.1 Å². The van der Waals surface area contributed by atoms with Crippen LogP contribution in [0.3, 0.4) is 0 Å². The molecule has 0 spiro atoms. The zero-order valence-corrected chi connectivity index (χ0v) is 18.5. The van der Waals surface area contributed by atoms with Gasteiger partial charge in [0, 0.05) is 25.8 Å². The molecule has 0 atom stereocenters. The number of hydrogen-bond donors (Lipinski definition) is 1. The molecular weight excluding hydrogens is 414 g/mol. The summed E-state index contributed by atoms with van der Waals surface area (Å²) in [7, 11) is -1.93. The van der Waals surface area contributed by atoms with Crippen LogP contribution in [0.2, 0.25) is 0 Å². The van der Waals surface area contributed by atoms with Crippen molar-refractivity contribution in [2.24, 2.45) is 0 Å². The first-order valence-corrected chi connectivity index (χ1v) is 11.9. The summed E-state index contributed by atoms with van der Waals surface area (Å²) < 4.78 is 28.3. The Bertz CT molecular complexity index is 1250. The monoisotopic (exact) mass is 437 g/mol. The molecule has 0 unspecified atom stereocenters. The fourth-order valence-electron chi connectivity index (χ4n) is 3.24. The molecule has 30 heavy (non-hydrogen) atoms. The van der Waals surface area contributed by atoms with Gasteiger partial charge in [0.2, 0.25) is 10.0 Å². The molecule has 1 heterocycles. The fraction of sp³-hybridized carbons (Fsp3) is 0.174. The third kappa shape index (κ3) is 4.53. The maximum absolute atomic E-state index is 12.9. The van der Waals surface area contributed by atoms with E-state index < -0.39 is 10.0 Å². The summed E-state index contributed by atoms with van der Waals surface area (Å²) in [6.07, 6.45) is 0. The Morgan fingerprint density at radius 2 is 1.70 bits per heavy atom. The summed E-state index contributed by atoms with van der Waals surface area (Å²) in [5.74, 6) is 0. The number of fused-ring (bicyclic) bond motifs is 1.